The number of esters is 1. The first kappa shape index (κ1) is 38.0. The van der Waals surface area contributed by atoms with Gasteiger partial charge in [-0.15, -0.1) is 0 Å². The van der Waals surface area contributed by atoms with Crippen LogP contribution >= 0.6 is 0 Å². The standard InChI is InChI=1S/C15H17F5O6.C9H21NO4/c1-22-2-3-23-4-5-24-6-7-25-8-9(21)26-15-13(19)11(17)10(16)12(18)14(15)20;1-11-4-5-13-8-9-14-7-6-12-3-2-10/h2-8H2,1H3;2-10H2,1H3. The van der Waals surface area contributed by atoms with Crippen LogP contribution in [0.1, 0.15) is 0 Å². The van der Waals surface area contributed by atoms with Crippen LogP contribution in [0, 0.1) is 29.1 Å². The third-order valence-corrected chi connectivity index (χ3v) is 4.22. The van der Waals surface area contributed by atoms with Crippen molar-refractivity contribution in [1.82, 2.24) is 0 Å². The van der Waals surface area contributed by atoms with Crippen LogP contribution in [0.2, 0.25) is 0 Å². The molecule has 0 spiro atoms. The van der Waals surface area contributed by atoms with Crippen LogP contribution in [0.15, 0.2) is 0 Å². The molecule has 0 radical (unpaired) electrons. The molecule has 0 aromatic heterocycles. The first-order valence-electron chi connectivity index (χ1n) is 12.2. The van der Waals surface area contributed by atoms with Gasteiger partial charge in [-0.25, -0.2) is 18.0 Å². The van der Waals surface area contributed by atoms with Gasteiger partial charge >= 0.3 is 5.97 Å². The fourth-order valence-corrected chi connectivity index (χ4v) is 2.32. The second-order valence-corrected chi connectivity index (χ2v) is 7.26. The molecule has 0 aliphatic carbocycles. The average Bonchev–Trinajstić information content (AvgIpc) is 2.95. The number of nitrogens with two attached hydrogens (primary N) is 1. The van der Waals surface area contributed by atoms with E-state index in [-0.39, 0.29) is 19.8 Å². The molecule has 0 atom stereocenters. The largest absolute Gasteiger partial charge is 0.418 e. The maximum absolute atomic E-state index is 13.3. The molecule has 0 aliphatic rings. The van der Waals surface area contributed by atoms with Gasteiger partial charge in [-0.3, -0.25) is 0 Å². The minimum absolute atomic E-state index is 0.0652. The molecule has 0 aliphatic heterocycles. The van der Waals surface area contributed by atoms with Crippen LogP contribution in [-0.2, 0) is 42.7 Å². The summed E-state index contributed by atoms with van der Waals surface area (Å²) in [6.07, 6.45) is 0. The monoisotopic (exact) mass is 595 g/mol. The van der Waals surface area contributed by atoms with Crippen molar-refractivity contribution >= 4 is 5.97 Å². The predicted octanol–water partition coefficient (Wildman–Crippen LogP) is 1.63. The van der Waals surface area contributed by atoms with Crippen molar-refractivity contribution in [3.8, 4) is 5.75 Å². The Labute approximate surface area is 229 Å². The zero-order chi connectivity index (χ0) is 30.0. The molecule has 0 saturated heterocycles. The zero-order valence-corrected chi connectivity index (χ0v) is 22.7. The first-order chi connectivity index (χ1) is 19.3. The SMILES string of the molecule is COCCOCCOCCOCC(=O)Oc1c(F)c(F)c(F)c(F)c1F.COCCOCCOCCOCCN. The summed E-state index contributed by atoms with van der Waals surface area (Å²) in [7, 11) is 3.18. The molecule has 40 heavy (non-hydrogen) atoms. The summed E-state index contributed by atoms with van der Waals surface area (Å²) in [6, 6.07) is 0. The van der Waals surface area contributed by atoms with E-state index in [1.165, 1.54) is 7.11 Å². The molecule has 0 saturated carbocycles. The van der Waals surface area contributed by atoms with Crippen molar-refractivity contribution in [3.63, 3.8) is 0 Å². The highest BCUT2D eigenvalue weighted by Crippen LogP contribution is 2.29. The fourth-order valence-electron chi connectivity index (χ4n) is 2.32. The minimum Gasteiger partial charge on any atom is -0.418 e. The smallest absolute Gasteiger partial charge is 0.337 e. The van der Waals surface area contributed by atoms with Crippen molar-refractivity contribution < 1.29 is 69.4 Å². The van der Waals surface area contributed by atoms with E-state index in [4.69, 9.17) is 43.6 Å². The fraction of sp³-hybridized carbons (Fsp3) is 0.708. The summed E-state index contributed by atoms with van der Waals surface area (Å²) in [4.78, 5) is 11.4. The minimum atomic E-state index is -2.35. The van der Waals surface area contributed by atoms with E-state index < -0.39 is 47.4 Å². The van der Waals surface area contributed by atoms with E-state index in [9.17, 15) is 26.7 Å². The van der Waals surface area contributed by atoms with Gasteiger partial charge in [-0.05, 0) is 0 Å². The molecule has 0 fully saturated rings. The van der Waals surface area contributed by atoms with Crippen LogP contribution in [0.25, 0.3) is 0 Å². The molecule has 0 unspecified atom stereocenters. The predicted molar refractivity (Wildman–Crippen MR) is 130 cm³/mol. The molecule has 1 aromatic rings. The average molecular weight is 596 g/mol. The maximum Gasteiger partial charge on any atom is 0.337 e. The molecule has 2 N–H and O–H groups in total. The van der Waals surface area contributed by atoms with E-state index >= 15 is 0 Å². The quantitative estimate of drug-likeness (QED) is 0.0496. The van der Waals surface area contributed by atoms with E-state index in [1.54, 1.807) is 7.11 Å². The highest BCUT2D eigenvalue weighted by Gasteiger charge is 2.28. The van der Waals surface area contributed by atoms with Crippen LogP contribution in [0.4, 0.5) is 22.0 Å². The van der Waals surface area contributed by atoms with Crippen LogP contribution in [0.5, 0.6) is 5.75 Å². The zero-order valence-electron chi connectivity index (χ0n) is 22.7. The summed E-state index contributed by atoms with van der Waals surface area (Å²) in [5.41, 5.74) is 5.24. The van der Waals surface area contributed by atoms with Crippen molar-refractivity contribution in [2.24, 2.45) is 5.73 Å². The Balaban J connectivity index is 0.000000919. The molecule has 0 heterocycles. The Morgan fingerprint density at radius 2 is 0.850 bits per heavy atom. The molecular weight excluding hydrogens is 557 g/mol. The summed E-state index contributed by atoms with van der Waals surface area (Å²) in [5.74, 6) is -14.3. The Morgan fingerprint density at radius 3 is 1.23 bits per heavy atom. The first-order valence-corrected chi connectivity index (χ1v) is 12.2. The Bertz CT molecular complexity index is 754. The number of hydrogen-bond donors (Lipinski definition) is 1. The van der Waals surface area contributed by atoms with Crippen molar-refractivity contribution in [2.45, 2.75) is 0 Å². The molecule has 0 amide bonds. The van der Waals surface area contributed by atoms with E-state index in [1.807, 2.05) is 0 Å². The molecule has 0 bridgehead atoms. The molecule has 234 valence electrons. The summed E-state index contributed by atoms with van der Waals surface area (Å²) in [6.45, 7) is 5.47. The summed E-state index contributed by atoms with van der Waals surface area (Å²) >= 11 is 0. The molecule has 16 heteroatoms. The highest BCUT2D eigenvalue weighted by atomic mass is 19.2. The topological polar surface area (TPSA) is 126 Å². The lowest BCUT2D eigenvalue weighted by molar-refractivity contribution is -0.140. The number of methoxy groups -OCH3 is 2. The normalized spacial score (nSPS) is 10.9. The lowest BCUT2D eigenvalue weighted by Gasteiger charge is -2.09. The second kappa shape index (κ2) is 25.9. The van der Waals surface area contributed by atoms with E-state index in [0.29, 0.717) is 72.6 Å². The molecule has 1 rings (SSSR count). The van der Waals surface area contributed by atoms with Crippen LogP contribution in [-0.4, -0.2) is 119 Å². The lowest BCUT2D eigenvalue weighted by atomic mass is 10.2. The summed E-state index contributed by atoms with van der Waals surface area (Å²) < 4.78 is 110. The number of hydrogen-bond acceptors (Lipinski definition) is 11. The van der Waals surface area contributed by atoms with Gasteiger partial charge in [-0.2, -0.15) is 8.78 Å². The maximum atomic E-state index is 13.3. The van der Waals surface area contributed by atoms with Crippen molar-refractivity contribution in [3.05, 3.63) is 29.1 Å². The molecule has 1 aromatic carbocycles. The number of benzene rings is 1. The number of ether oxygens (including phenoxy) is 9. The second-order valence-electron chi connectivity index (χ2n) is 7.26. The van der Waals surface area contributed by atoms with E-state index in [0.717, 1.165) is 0 Å². The third-order valence-electron chi connectivity index (χ3n) is 4.22. The number of rotatable bonds is 23. The highest BCUT2D eigenvalue weighted by molar-refractivity contribution is 5.73. The van der Waals surface area contributed by atoms with Crippen molar-refractivity contribution in [1.29, 1.82) is 0 Å². The molecular formula is C24H38F5NO10. The van der Waals surface area contributed by atoms with Gasteiger partial charge < -0.3 is 48.4 Å². The van der Waals surface area contributed by atoms with Crippen LogP contribution < -0.4 is 10.5 Å². The van der Waals surface area contributed by atoms with Gasteiger partial charge in [0, 0.05) is 20.8 Å². The van der Waals surface area contributed by atoms with Gasteiger partial charge in [0.25, 0.3) is 0 Å². The van der Waals surface area contributed by atoms with Gasteiger partial charge in [0.1, 0.15) is 6.61 Å². The Hall–Kier alpha value is -2.02. The number of carbonyl (C=O) groups is 1. The molecule has 11 nitrogen and oxygen atoms in total. The van der Waals surface area contributed by atoms with Gasteiger partial charge in [0.15, 0.2) is 0 Å². The number of carbonyl (C=O) groups excluding carboxylic acids is 1. The van der Waals surface area contributed by atoms with Gasteiger partial charge in [-0.1, -0.05) is 0 Å². The Morgan fingerprint density at radius 1 is 0.525 bits per heavy atom. The van der Waals surface area contributed by atoms with Crippen molar-refractivity contribution in [2.75, 3.05) is 113 Å². The summed E-state index contributed by atoms with van der Waals surface area (Å²) in [5, 5.41) is 0. The number of halogens is 5. The van der Waals surface area contributed by atoms with Gasteiger partial charge in [0.05, 0.1) is 85.9 Å². The van der Waals surface area contributed by atoms with Crippen LogP contribution in [0.3, 0.4) is 0 Å². The lowest BCUT2D eigenvalue weighted by Crippen LogP contribution is -2.20. The van der Waals surface area contributed by atoms with E-state index in [2.05, 4.69) is 4.74 Å². The Kier molecular flexibility index (Phi) is 24.6. The van der Waals surface area contributed by atoms with Gasteiger partial charge in [0.2, 0.25) is 34.8 Å². The third kappa shape index (κ3) is 18.4.